The zero-order chi connectivity index (χ0) is 19.0. The van der Waals surface area contributed by atoms with E-state index in [4.69, 9.17) is 4.98 Å². The molecule has 3 heterocycles. The van der Waals surface area contributed by atoms with Crippen LogP contribution in [0, 0.1) is 0 Å². The molecule has 0 aliphatic heterocycles. The van der Waals surface area contributed by atoms with Crippen molar-refractivity contribution < 1.29 is 0 Å². The molecule has 7 nitrogen and oxygen atoms in total. The number of aromatic nitrogens is 6. The Balaban J connectivity index is 1.89. The Hall–Kier alpha value is -2.87. The van der Waals surface area contributed by atoms with Crippen molar-refractivity contribution in [3.63, 3.8) is 0 Å². The highest BCUT2D eigenvalue weighted by Gasteiger charge is 2.17. The highest BCUT2D eigenvalue weighted by Crippen LogP contribution is 2.23. The van der Waals surface area contributed by atoms with E-state index in [0.717, 1.165) is 11.0 Å². The van der Waals surface area contributed by atoms with Crippen molar-refractivity contribution in [1.29, 1.82) is 0 Å². The molecule has 0 radical (unpaired) electrons. The quantitative estimate of drug-likeness (QED) is 0.497. The summed E-state index contributed by atoms with van der Waals surface area (Å²) in [5.41, 5.74) is 0.614. The Kier molecular flexibility index (Phi) is 4.57. The van der Waals surface area contributed by atoms with Gasteiger partial charge in [0, 0.05) is 31.5 Å². The van der Waals surface area contributed by atoms with E-state index in [1.807, 2.05) is 66.7 Å². The lowest BCUT2D eigenvalue weighted by atomic mass is 10.2. The second kappa shape index (κ2) is 7.03. The van der Waals surface area contributed by atoms with Gasteiger partial charge in [-0.15, -0.1) is 0 Å². The highest BCUT2D eigenvalue weighted by atomic mass is 32.2. The van der Waals surface area contributed by atoms with Crippen LogP contribution in [-0.4, -0.2) is 28.9 Å². The van der Waals surface area contributed by atoms with Crippen LogP contribution in [0.5, 0.6) is 0 Å². The van der Waals surface area contributed by atoms with Crippen LogP contribution < -0.4 is 5.56 Å². The Morgan fingerprint density at radius 2 is 1.96 bits per heavy atom. The molecule has 138 valence electrons. The summed E-state index contributed by atoms with van der Waals surface area (Å²) >= 11 is 1.55. The van der Waals surface area contributed by atoms with Crippen LogP contribution in [0.1, 0.15) is 25.7 Å². The maximum absolute atomic E-state index is 13.3. The Bertz CT molecular complexity index is 1160. The van der Waals surface area contributed by atoms with Crippen LogP contribution in [0.25, 0.3) is 16.7 Å². The third kappa shape index (κ3) is 3.16. The van der Waals surface area contributed by atoms with Crippen molar-refractivity contribution in [3.05, 3.63) is 65.1 Å². The summed E-state index contributed by atoms with van der Waals surface area (Å²) in [5.74, 6) is 1.92. The molecule has 0 aliphatic carbocycles. The van der Waals surface area contributed by atoms with Gasteiger partial charge in [-0.05, 0) is 26.0 Å². The lowest BCUT2D eigenvalue weighted by Crippen LogP contribution is -2.26. The van der Waals surface area contributed by atoms with Gasteiger partial charge in [0.2, 0.25) is 0 Å². The van der Waals surface area contributed by atoms with Crippen molar-refractivity contribution in [2.24, 2.45) is 7.05 Å². The molecule has 0 fully saturated rings. The van der Waals surface area contributed by atoms with Gasteiger partial charge in [0.25, 0.3) is 5.56 Å². The summed E-state index contributed by atoms with van der Waals surface area (Å²) in [5, 5.41) is 5.86. The SMILES string of the molecule is CC(C)n1nccc1-n1c(CSc2nccn2C)nc2ccccc2c1=O. The molecule has 0 unspecified atom stereocenters. The molecular formula is C19H20N6OS. The molecule has 4 aromatic rings. The van der Waals surface area contributed by atoms with Crippen LogP contribution in [0.3, 0.4) is 0 Å². The molecule has 0 atom stereocenters. The average Bonchev–Trinajstić information content (AvgIpc) is 3.29. The van der Waals surface area contributed by atoms with Crippen molar-refractivity contribution in [3.8, 4) is 5.82 Å². The molecule has 0 saturated carbocycles. The average molecular weight is 380 g/mol. The second-order valence-electron chi connectivity index (χ2n) is 6.52. The summed E-state index contributed by atoms with van der Waals surface area (Å²) < 4.78 is 5.46. The van der Waals surface area contributed by atoms with Gasteiger partial charge in [-0.1, -0.05) is 23.9 Å². The first-order valence-electron chi connectivity index (χ1n) is 8.71. The molecule has 1 aromatic carbocycles. The minimum absolute atomic E-state index is 0.0848. The summed E-state index contributed by atoms with van der Waals surface area (Å²) in [6.45, 7) is 4.08. The smallest absolute Gasteiger partial charge is 0.267 e. The number of hydrogen-bond donors (Lipinski definition) is 0. The largest absolute Gasteiger partial charge is 0.329 e. The van der Waals surface area contributed by atoms with Crippen molar-refractivity contribution >= 4 is 22.7 Å². The standard InChI is InChI=1S/C19H20N6OS/c1-13(2)25-17(8-9-21-25)24-16(12-27-19-20-10-11-23(19)3)22-15-7-5-4-6-14(15)18(24)26/h4-11,13H,12H2,1-3H3. The van der Waals surface area contributed by atoms with Gasteiger partial charge in [0.1, 0.15) is 11.6 Å². The Morgan fingerprint density at radius 1 is 1.15 bits per heavy atom. The minimum Gasteiger partial charge on any atom is -0.329 e. The minimum atomic E-state index is -0.0848. The van der Waals surface area contributed by atoms with E-state index in [9.17, 15) is 4.79 Å². The number of hydrogen-bond acceptors (Lipinski definition) is 5. The van der Waals surface area contributed by atoms with Gasteiger partial charge in [-0.25, -0.2) is 19.2 Å². The fraction of sp³-hybridized carbons (Fsp3) is 0.263. The van der Waals surface area contributed by atoms with E-state index < -0.39 is 0 Å². The third-order valence-corrected chi connectivity index (χ3v) is 5.37. The van der Waals surface area contributed by atoms with E-state index >= 15 is 0 Å². The van der Waals surface area contributed by atoms with Gasteiger partial charge >= 0.3 is 0 Å². The number of fused-ring (bicyclic) bond motifs is 1. The molecule has 0 bridgehead atoms. The van der Waals surface area contributed by atoms with E-state index in [0.29, 0.717) is 22.5 Å². The zero-order valence-electron chi connectivity index (χ0n) is 15.4. The van der Waals surface area contributed by atoms with Gasteiger partial charge in [-0.2, -0.15) is 5.10 Å². The molecule has 0 N–H and O–H groups in total. The fourth-order valence-corrected chi connectivity index (χ4v) is 3.87. The maximum Gasteiger partial charge on any atom is 0.267 e. The second-order valence-corrected chi connectivity index (χ2v) is 7.47. The number of benzene rings is 1. The van der Waals surface area contributed by atoms with E-state index in [2.05, 4.69) is 10.1 Å². The third-order valence-electron chi connectivity index (χ3n) is 4.32. The van der Waals surface area contributed by atoms with Crippen LogP contribution in [0.2, 0.25) is 0 Å². The number of nitrogens with zero attached hydrogens (tertiary/aromatic N) is 6. The summed E-state index contributed by atoms with van der Waals surface area (Å²) in [7, 11) is 1.95. The van der Waals surface area contributed by atoms with Gasteiger partial charge < -0.3 is 4.57 Å². The zero-order valence-corrected chi connectivity index (χ0v) is 16.2. The number of imidazole rings is 1. The van der Waals surface area contributed by atoms with Gasteiger partial charge in [-0.3, -0.25) is 4.79 Å². The first-order valence-corrected chi connectivity index (χ1v) is 9.69. The van der Waals surface area contributed by atoms with Crippen LogP contribution >= 0.6 is 11.8 Å². The number of thioether (sulfide) groups is 1. The van der Waals surface area contributed by atoms with Gasteiger partial charge in [0.05, 0.1) is 22.9 Å². The lowest BCUT2D eigenvalue weighted by Gasteiger charge is -2.16. The van der Waals surface area contributed by atoms with Crippen molar-refractivity contribution in [2.45, 2.75) is 30.8 Å². The van der Waals surface area contributed by atoms with Crippen LogP contribution in [0.4, 0.5) is 0 Å². The highest BCUT2D eigenvalue weighted by molar-refractivity contribution is 7.98. The molecule has 3 aromatic heterocycles. The molecule has 0 spiro atoms. The van der Waals surface area contributed by atoms with E-state index in [1.54, 1.807) is 28.7 Å². The molecular weight excluding hydrogens is 360 g/mol. The molecule has 27 heavy (non-hydrogen) atoms. The first-order chi connectivity index (χ1) is 13.1. The van der Waals surface area contributed by atoms with Crippen LogP contribution in [-0.2, 0) is 12.8 Å². The maximum atomic E-state index is 13.3. The normalized spacial score (nSPS) is 11.6. The van der Waals surface area contributed by atoms with Crippen molar-refractivity contribution in [1.82, 2.24) is 28.9 Å². The first kappa shape index (κ1) is 17.5. The number of aryl methyl sites for hydroxylation is 1. The molecule has 4 rings (SSSR count). The fourth-order valence-electron chi connectivity index (χ4n) is 3.01. The van der Waals surface area contributed by atoms with E-state index in [-0.39, 0.29) is 11.6 Å². The Labute approximate surface area is 160 Å². The topological polar surface area (TPSA) is 70.5 Å². The summed E-state index contributed by atoms with van der Waals surface area (Å²) in [6.07, 6.45) is 5.38. The predicted molar refractivity (Wildman–Crippen MR) is 106 cm³/mol. The summed E-state index contributed by atoms with van der Waals surface area (Å²) in [4.78, 5) is 22.4. The molecule has 0 aliphatic rings. The van der Waals surface area contributed by atoms with Gasteiger partial charge in [0.15, 0.2) is 5.16 Å². The molecule has 8 heteroatoms. The molecule has 0 saturated heterocycles. The summed E-state index contributed by atoms with van der Waals surface area (Å²) in [6, 6.07) is 9.42. The van der Waals surface area contributed by atoms with Crippen LogP contribution in [0.15, 0.2) is 58.9 Å². The van der Waals surface area contributed by atoms with Crippen molar-refractivity contribution in [2.75, 3.05) is 0 Å². The molecule has 0 amide bonds. The monoisotopic (exact) mass is 380 g/mol. The predicted octanol–water partition coefficient (Wildman–Crippen LogP) is 3.19. The lowest BCUT2D eigenvalue weighted by molar-refractivity contribution is 0.517. The van der Waals surface area contributed by atoms with E-state index in [1.165, 1.54) is 0 Å². The number of rotatable bonds is 5. The number of para-hydroxylation sites is 1. The Morgan fingerprint density at radius 3 is 2.70 bits per heavy atom.